The zero-order valence-corrected chi connectivity index (χ0v) is 14.8. The normalized spacial score (nSPS) is 12.0. The highest BCUT2D eigenvalue weighted by Crippen LogP contribution is 2.26. The summed E-state index contributed by atoms with van der Waals surface area (Å²) in [5, 5.41) is 1.99. The Balaban J connectivity index is 2.20. The van der Waals surface area contributed by atoms with Crippen molar-refractivity contribution in [3.05, 3.63) is 50.6 Å². The minimum atomic E-state index is -3.52. The number of nitrogens with two attached hydrogens (primary N) is 1. The molecule has 0 amide bonds. The monoisotopic (exact) mass is 388 g/mol. The van der Waals surface area contributed by atoms with E-state index in [0.717, 1.165) is 5.56 Å². The van der Waals surface area contributed by atoms with Crippen LogP contribution >= 0.6 is 27.3 Å². The van der Waals surface area contributed by atoms with Crippen molar-refractivity contribution in [1.29, 1.82) is 0 Å². The Kier molecular flexibility index (Phi) is 5.56. The smallest absolute Gasteiger partial charge is 0.243 e. The molecule has 0 fully saturated rings. The summed E-state index contributed by atoms with van der Waals surface area (Å²) in [5.74, 6) is 0. The third kappa shape index (κ3) is 3.92. The van der Waals surface area contributed by atoms with Gasteiger partial charge in [-0.25, -0.2) is 12.7 Å². The van der Waals surface area contributed by atoms with E-state index in [1.54, 1.807) is 30.5 Å². The van der Waals surface area contributed by atoms with Gasteiger partial charge in [0.2, 0.25) is 10.0 Å². The molecule has 2 rings (SSSR count). The second-order valence-corrected chi connectivity index (χ2v) is 8.52. The molecule has 0 aliphatic heterocycles. The number of likely N-dealkylation sites (N-methyl/N-ethyl adjacent to an activating group) is 1. The summed E-state index contributed by atoms with van der Waals surface area (Å²) < 4.78 is 27.2. The van der Waals surface area contributed by atoms with Gasteiger partial charge in [0.15, 0.2) is 0 Å². The zero-order chi connectivity index (χ0) is 15.5. The lowest BCUT2D eigenvalue weighted by atomic mass is 10.2. The Labute approximate surface area is 137 Å². The molecule has 1 aromatic heterocycles. The van der Waals surface area contributed by atoms with Gasteiger partial charge in [0.1, 0.15) is 0 Å². The van der Waals surface area contributed by atoms with E-state index in [-0.39, 0.29) is 4.90 Å². The molecule has 4 nitrogen and oxygen atoms in total. The van der Waals surface area contributed by atoms with Gasteiger partial charge in [-0.2, -0.15) is 0 Å². The van der Waals surface area contributed by atoms with Crippen molar-refractivity contribution >= 4 is 37.3 Å². The molecule has 0 bridgehead atoms. The van der Waals surface area contributed by atoms with Gasteiger partial charge in [0.25, 0.3) is 0 Å². The van der Waals surface area contributed by atoms with Gasteiger partial charge in [0.05, 0.1) is 4.90 Å². The number of hydrogen-bond donors (Lipinski definition) is 1. The predicted octanol–water partition coefficient (Wildman–Crippen LogP) is 2.83. The van der Waals surface area contributed by atoms with Gasteiger partial charge in [-0.05, 0) is 51.5 Å². The molecule has 0 radical (unpaired) electrons. The van der Waals surface area contributed by atoms with E-state index in [9.17, 15) is 8.42 Å². The first kappa shape index (κ1) is 16.6. The summed E-state index contributed by atoms with van der Waals surface area (Å²) in [5.41, 5.74) is 6.38. The highest BCUT2D eigenvalue weighted by Gasteiger charge is 2.23. The van der Waals surface area contributed by atoms with Crippen LogP contribution in [0.3, 0.4) is 0 Å². The first-order chi connectivity index (χ1) is 9.95. The Hall–Kier alpha value is -0.730. The van der Waals surface area contributed by atoms with Crippen LogP contribution in [0, 0.1) is 0 Å². The van der Waals surface area contributed by atoms with Gasteiger partial charge in [-0.15, -0.1) is 11.3 Å². The summed E-state index contributed by atoms with van der Waals surface area (Å²) in [6.45, 7) is 0.761. The molecule has 1 aromatic carbocycles. The second kappa shape index (κ2) is 7.02. The molecule has 1 heterocycles. The van der Waals surface area contributed by atoms with E-state index in [0.29, 0.717) is 24.0 Å². The van der Waals surface area contributed by atoms with E-state index >= 15 is 0 Å². The standard InChI is InChI=1S/C14H17BrN2O2S2/c1-17(7-6-12-3-2-8-20-12)21(18,19)14-9-11(10-16)4-5-13(14)15/h2-5,8-9H,6-7,10,16H2,1H3. The lowest BCUT2D eigenvalue weighted by molar-refractivity contribution is 0.473. The molecule has 0 atom stereocenters. The van der Waals surface area contributed by atoms with Crippen molar-refractivity contribution in [2.45, 2.75) is 17.9 Å². The molecule has 0 aliphatic carbocycles. The Morgan fingerprint density at radius 2 is 2.10 bits per heavy atom. The maximum absolute atomic E-state index is 12.6. The fourth-order valence-corrected chi connectivity index (χ4v) is 4.72. The van der Waals surface area contributed by atoms with Crippen molar-refractivity contribution < 1.29 is 8.42 Å². The minimum absolute atomic E-state index is 0.263. The van der Waals surface area contributed by atoms with Gasteiger partial charge in [-0.1, -0.05) is 12.1 Å². The van der Waals surface area contributed by atoms with E-state index in [1.807, 2.05) is 23.6 Å². The lowest BCUT2D eigenvalue weighted by Crippen LogP contribution is -2.29. The highest BCUT2D eigenvalue weighted by molar-refractivity contribution is 9.10. The molecule has 2 aromatic rings. The minimum Gasteiger partial charge on any atom is -0.326 e. The Bertz CT molecular complexity index is 700. The summed E-state index contributed by atoms with van der Waals surface area (Å²) in [6, 6.07) is 9.14. The lowest BCUT2D eigenvalue weighted by Gasteiger charge is -2.18. The van der Waals surface area contributed by atoms with E-state index in [1.165, 1.54) is 9.18 Å². The number of halogens is 1. The fourth-order valence-electron chi connectivity index (χ4n) is 1.88. The van der Waals surface area contributed by atoms with Gasteiger partial charge >= 0.3 is 0 Å². The van der Waals surface area contributed by atoms with Crippen LogP contribution in [-0.2, 0) is 23.0 Å². The topological polar surface area (TPSA) is 63.4 Å². The number of rotatable bonds is 6. The van der Waals surface area contributed by atoms with Crippen molar-refractivity contribution in [1.82, 2.24) is 4.31 Å². The third-order valence-electron chi connectivity index (χ3n) is 3.17. The van der Waals surface area contributed by atoms with Crippen LogP contribution in [0.15, 0.2) is 45.1 Å². The maximum Gasteiger partial charge on any atom is 0.243 e. The predicted molar refractivity (Wildman–Crippen MR) is 89.9 cm³/mol. The second-order valence-electron chi connectivity index (χ2n) is 4.62. The number of benzene rings is 1. The molecule has 0 aliphatic rings. The molecule has 21 heavy (non-hydrogen) atoms. The van der Waals surface area contributed by atoms with Crippen molar-refractivity contribution in [2.24, 2.45) is 5.73 Å². The maximum atomic E-state index is 12.6. The summed E-state index contributed by atoms with van der Waals surface area (Å²) in [4.78, 5) is 1.44. The van der Waals surface area contributed by atoms with Crippen LogP contribution in [-0.4, -0.2) is 26.3 Å². The average Bonchev–Trinajstić information content (AvgIpc) is 2.98. The SMILES string of the molecule is CN(CCc1cccs1)S(=O)(=O)c1cc(CN)ccc1Br. The molecular formula is C14H17BrN2O2S2. The van der Waals surface area contributed by atoms with Crippen molar-refractivity contribution in [2.75, 3.05) is 13.6 Å². The molecule has 0 saturated heterocycles. The number of sulfonamides is 1. The van der Waals surface area contributed by atoms with Crippen LogP contribution in [0.2, 0.25) is 0 Å². The molecule has 2 N–H and O–H groups in total. The van der Waals surface area contributed by atoms with Crippen molar-refractivity contribution in [3.8, 4) is 0 Å². The van der Waals surface area contributed by atoms with E-state index in [2.05, 4.69) is 15.9 Å². The van der Waals surface area contributed by atoms with Crippen LogP contribution < -0.4 is 5.73 Å². The first-order valence-corrected chi connectivity index (χ1v) is 9.53. The largest absolute Gasteiger partial charge is 0.326 e. The number of nitrogens with zero attached hydrogens (tertiary/aromatic N) is 1. The van der Waals surface area contributed by atoms with Gasteiger partial charge < -0.3 is 5.73 Å². The Morgan fingerprint density at radius 3 is 2.71 bits per heavy atom. The summed E-state index contributed by atoms with van der Waals surface area (Å²) in [7, 11) is -1.92. The van der Waals surface area contributed by atoms with Crippen LogP contribution in [0.5, 0.6) is 0 Å². The third-order valence-corrected chi connectivity index (χ3v) is 6.96. The van der Waals surface area contributed by atoms with E-state index in [4.69, 9.17) is 5.73 Å². The van der Waals surface area contributed by atoms with Crippen molar-refractivity contribution in [3.63, 3.8) is 0 Å². The molecule has 114 valence electrons. The average molecular weight is 389 g/mol. The van der Waals surface area contributed by atoms with Gasteiger partial charge in [0, 0.05) is 29.5 Å². The molecule has 7 heteroatoms. The Morgan fingerprint density at radius 1 is 1.33 bits per heavy atom. The van der Waals surface area contributed by atoms with E-state index < -0.39 is 10.0 Å². The summed E-state index contributed by atoms with van der Waals surface area (Å²) >= 11 is 4.94. The number of thiophene rings is 1. The quantitative estimate of drug-likeness (QED) is 0.827. The number of hydrogen-bond acceptors (Lipinski definition) is 4. The highest BCUT2D eigenvalue weighted by atomic mass is 79.9. The van der Waals surface area contributed by atoms with Crippen LogP contribution in [0.25, 0.3) is 0 Å². The molecular weight excluding hydrogens is 372 g/mol. The van der Waals surface area contributed by atoms with Crippen LogP contribution in [0.4, 0.5) is 0 Å². The summed E-state index contributed by atoms with van der Waals surface area (Å²) in [6.07, 6.45) is 0.710. The molecule has 0 spiro atoms. The van der Waals surface area contributed by atoms with Crippen LogP contribution in [0.1, 0.15) is 10.4 Å². The molecule has 0 saturated carbocycles. The zero-order valence-electron chi connectivity index (χ0n) is 11.6. The fraction of sp³-hybridized carbons (Fsp3) is 0.286. The first-order valence-electron chi connectivity index (χ1n) is 6.42. The molecule has 0 unspecified atom stereocenters. The van der Waals surface area contributed by atoms with Gasteiger partial charge in [-0.3, -0.25) is 0 Å².